The second kappa shape index (κ2) is 37.9. The predicted molar refractivity (Wildman–Crippen MR) is 329 cm³/mol. The Hall–Kier alpha value is -5.65. The van der Waals surface area contributed by atoms with E-state index < -0.39 is 65.2 Å². The topological polar surface area (TPSA) is 359 Å². The number of aromatic nitrogens is 1. The first-order valence-corrected chi connectivity index (χ1v) is 32.6. The largest absolute Gasteiger partial charge is 0.480 e. The predicted octanol–water partition coefficient (Wildman–Crippen LogP) is 0.227. The molecule has 4 atom stereocenters. The van der Waals surface area contributed by atoms with Crippen LogP contribution in [0.4, 0.5) is 0 Å². The van der Waals surface area contributed by atoms with E-state index in [1.807, 2.05) is 57.7 Å². The highest BCUT2D eigenvalue weighted by molar-refractivity contribution is 7.98. The molecule has 0 spiro atoms. The fourth-order valence-corrected chi connectivity index (χ4v) is 12.2. The van der Waals surface area contributed by atoms with Crippen molar-refractivity contribution in [3.05, 3.63) is 29.6 Å². The number of nitrogens with two attached hydrogens (primary N) is 1. The van der Waals surface area contributed by atoms with Gasteiger partial charge in [-0.05, 0) is 81.5 Å². The number of nitrogens with zero attached hydrogens (tertiary/aromatic N) is 6. The van der Waals surface area contributed by atoms with Crippen LogP contribution in [0, 0.1) is 17.8 Å². The number of nitrogens with one attached hydrogen (secondary N) is 6. The summed E-state index contributed by atoms with van der Waals surface area (Å²) in [6, 6.07) is 2.53. The number of rotatable bonds is 33. The highest BCUT2D eigenvalue weighted by Crippen LogP contribution is 2.26. The minimum Gasteiger partial charge on any atom is -0.480 e. The molecule has 484 valence electrons. The van der Waals surface area contributed by atoms with Crippen LogP contribution in [0.25, 0.3) is 0 Å². The molecule has 0 aliphatic carbocycles. The Kier molecular flexibility index (Phi) is 32.1. The van der Waals surface area contributed by atoms with E-state index in [0.29, 0.717) is 36.5 Å². The number of thioether (sulfide) groups is 2. The summed E-state index contributed by atoms with van der Waals surface area (Å²) >= 11 is 2.98. The van der Waals surface area contributed by atoms with E-state index in [0.717, 1.165) is 37.3 Å². The zero-order valence-electron chi connectivity index (χ0n) is 51.3. The Morgan fingerprint density at radius 3 is 1.67 bits per heavy atom. The van der Waals surface area contributed by atoms with Crippen LogP contribution in [0.1, 0.15) is 111 Å². The van der Waals surface area contributed by atoms with Gasteiger partial charge in [-0.15, -0.1) is 0 Å². The molecule has 4 rings (SSSR count). The second-order valence-electron chi connectivity index (χ2n) is 23.8. The van der Waals surface area contributed by atoms with Crippen LogP contribution in [0.2, 0.25) is 0 Å². The molecule has 4 heterocycles. The Balaban J connectivity index is 1.59. The maximum Gasteiger partial charge on any atom is 0.317 e. The van der Waals surface area contributed by atoms with Crippen molar-refractivity contribution in [2.75, 3.05) is 116 Å². The van der Waals surface area contributed by atoms with Gasteiger partial charge < -0.3 is 57.9 Å². The number of pyridine rings is 1. The van der Waals surface area contributed by atoms with Gasteiger partial charge in [0, 0.05) is 107 Å². The number of carboxylic acid groups (broad SMARTS) is 3. The number of likely N-dealkylation sites (tertiary alicyclic amines) is 1. The highest BCUT2D eigenvalue weighted by atomic mass is 32.2. The first-order valence-electron chi connectivity index (χ1n) is 30.3. The number of primary amides is 1. The zero-order valence-corrected chi connectivity index (χ0v) is 52.9. The molecule has 0 bridgehead atoms. The molecule has 3 aliphatic rings. The molecule has 0 radical (unpaired) electrons. The van der Waals surface area contributed by atoms with Crippen LogP contribution >= 0.6 is 23.5 Å². The van der Waals surface area contributed by atoms with Gasteiger partial charge >= 0.3 is 17.9 Å². The van der Waals surface area contributed by atoms with Gasteiger partial charge in [-0.25, -0.2) is 0 Å². The molecule has 11 N–H and O–H groups in total. The van der Waals surface area contributed by atoms with E-state index in [9.17, 15) is 58.5 Å². The summed E-state index contributed by atoms with van der Waals surface area (Å²) in [6.07, 6.45) is 3.36. The first-order chi connectivity index (χ1) is 40.8. The number of piperidine rings is 2. The minimum absolute atomic E-state index is 0.0346. The molecule has 1 aromatic rings. The maximum absolute atomic E-state index is 15.1. The lowest BCUT2D eigenvalue weighted by Crippen LogP contribution is -2.68. The van der Waals surface area contributed by atoms with Crippen LogP contribution in [0.15, 0.2) is 18.2 Å². The number of carbonyl (C=O) groups excluding carboxylic acids is 7. The summed E-state index contributed by atoms with van der Waals surface area (Å²) in [7, 11) is 0. The van der Waals surface area contributed by atoms with Crippen LogP contribution in [-0.2, 0) is 59.5 Å². The van der Waals surface area contributed by atoms with Gasteiger partial charge in [0.15, 0.2) is 0 Å². The zero-order chi connectivity index (χ0) is 63.3. The molecule has 7 amide bonds. The summed E-state index contributed by atoms with van der Waals surface area (Å²) in [5, 5.41) is 47.1. The van der Waals surface area contributed by atoms with Gasteiger partial charge in [-0.2, -0.15) is 23.5 Å². The quantitative estimate of drug-likeness (QED) is 0.0421. The molecule has 3 saturated heterocycles. The summed E-state index contributed by atoms with van der Waals surface area (Å²) in [6.45, 7) is 13.4. The average molecular weight is 1250 g/mol. The van der Waals surface area contributed by atoms with E-state index in [1.165, 1.54) is 11.8 Å². The molecule has 1 aromatic heterocycles. The smallest absolute Gasteiger partial charge is 0.317 e. The van der Waals surface area contributed by atoms with E-state index >= 15 is 4.79 Å². The monoisotopic (exact) mass is 1250 g/mol. The lowest BCUT2D eigenvalue weighted by molar-refractivity contribution is -0.143. The highest BCUT2D eigenvalue weighted by Gasteiger charge is 2.46. The Morgan fingerprint density at radius 2 is 1.19 bits per heavy atom. The van der Waals surface area contributed by atoms with Crippen molar-refractivity contribution in [3.63, 3.8) is 0 Å². The Labute approximate surface area is 515 Å². The maximum atomic E-state index is 15.1. The van der Waals surface area contributed by atoms with Gasteiger partial charge in [-0.3, -0.25) is 72.5 Å². The SMILES string of the molecule is CC[C@H](C)[C@H](NC(=O)[C@H](CC(C)C)NC(=O)C1(NC(=O)[C@@H](CSCc2cccc(CSCCC(=O)NC3CCNCC3)n2)NC(=O)CCC(C)C)CCN(C(=O)CN2CCN(CC(=O)O)CCN(CC(=O)O)CCN(CC(=O)O)CC2)CC1)C(N)=O. The molecule has 3 aliphatic heterocycles. The van der Waals surface area contributed by atoms with Crippen molar-refractivity contribution in [2.24, 2.45) is 23.5 Å². The van der Waals surface area contributed by atoms with Crippen LogP contribution in [0.3, 0.4) is 0 Å². The number of carboxylic acids is 3. The molecule has 3 fully saturated rings. The van der Waals surface area contributed by atoms with Crippen molar-refractivity contribution < 1.29 is 63.3 Å². The summed E-state index contributed by atoms with van der Waals surface area (Å²) in [5.41, 5.74) is 5.58. The van der Waals surface area contributed by atoms with Gasteiger partial charge in [0.1, 0.15) is 23.7 Å². The van der Waals surface area contributed by atoms with Crippen molar-refractivity contribution in [1.29, 1.82) is 0 Å². The lowest BCUT2D eigenvalue weighted by atomic mass is 9.85. The van der Waals surface area contributed by atoms with E-state index in [-0.39, 0.29) is 165 Å². The van der Waals surface area contributed by atoms with E-state index in [1.54, 1.807) is 38.3 Å². The fraction of sp³-hybridized carbons (Fsp3) is 0.741. The Bertz CT molecular complexity index is 2360. The van der Waals surface area contributed by atoms with Gasteiger partial charge in [0.25, 0.3) is 0 Å². The van der Waals surface area contributed by atoms with E-state index in [4.69, 9.17) is 10.7 Å². The third-order valence-electron chi connectivity index (χ3n) is 15.7. The van der Waals surface area contributed by atoms with Crippen LogP contribution in [0.5, 0.6) is 0 Å². The van der Waals surface area contributed by atoms with Crippen LogP contribution < -0.4 is 37.6 Å². The third kappa shape index (κ3) is 27.2. The fourth-order valence-electron chi connectivity index (χ4n) is 10.4. The van der Waals surface area contributed by atoms with Crippen molar-refractivity contribution in [2.45, 2.75) is 141 Å². The number of carbonyl (C=O) groups is 10. The molecular formula is C58H97N13O13S2. The third-order valence-corrected chi connectivity index (χ3v) is 17.8. The standard InChI is InChI=1S/C58H97N13O13S2/c1-7-41(6)53(54(59)81)65-55(82)45(31-40(4)5)64-57(84)58(16-20-71(21-17-58)49(74)32-67-22-24-68(33-50(75)76)26-28-70(35-52(79)80)29-27-69(25-23-67)34-51(77)78)66-56(83)46(63-47(72)12-11-39(2)3)38-86-37-44-10-8-9-43(61-44)36-85-30-15-48(73)62-42-13-18-60-19-14-42/h8-10,39-42,45-46,53,60H,7,11-38H2,1-6H3,(H2,59,81)(H,62,73)(H,63,72)(H,64,84)(H,65,82)(H,66,83)(H,75,76)(H,77,78)(H,79,80)/t41-,45-,46+,53-/m0/s1. The molecule has 26 nitrogen and oxygen atoms in total. The molecule has 0 saturated carbocycles. The Morgan fingerprint density at radius 1 is 0.663 bits per heavy atom. The van der Waals surface area contributed by atoms with Gasteiger partial charge in [0.05, 0.1) is 37.6 Å². The first kappa shape index (κ1) is 72.8. The summed E-state index contributed by atoms with van der Waals surface area (Å²) < 4.78 is 0. The average Bonchev–Trinajstić information content (AvgIpc) is 1.27. The number of aliphatic carboxylic acids is 3. The molecule has 28 heteroatoms. The van der Waals surface area contributed by atoms with Crippen LogP contribution in [-0.4, -0.2) is 250 Å². The normalized spacial score (nSPS) is 18.5. The van der Waals surface area contributed by atoms with Gasteiger partial charge in [-0.1, -0.05) is 54.0 Å². The summed E-state index contributed by atoms with van der Waals surface area (Å²) in [5.74, 6) is -5.28. The minimum atomic E-state index is -1.73. The molecule has 0 unspecified atom stereocenters. The summed E-state index contributed by atoms with van der Waals surface area (Å²) in [4.78, 5) is 146. The number of hydrogen-bond donors (Lipinski definition) is 10. The number of hydrogen-bond acceptors (Lipinski definition) is 18. The molecule has 0 aromatic carbocycles. The molecular weight excluding hydrogens is 1150 g/mol. The molecule has 86 heavy (non-hydrogen) atoms. The lowest BCUT2D eigenvalue weighted by Gasteiger charge is -2.43. The number of amides is 7. The van der Waals surface area contributed by atoms with Crippen molar-refractivity contribution in [1.82, 2.24) is 61.4 Å². The van der Waals surface area contributed by atoms with Crippen molar-refractivity contribution in [3.8, 4) is 0 Å². The van der Waals surface area contributed by atoms with Gasteiger partial charge in [0.2, 0.25) is 41.4 Å². The van der Waals surface area contributed by atoms with E-state index in [2.05, 4.69) is 31.9 Å². The second-order valence-corrected chi connectivity index (χ2v) is 25.9. The van der Waals surface area contributed by atoms with Crippen molar-refractivity contribution >= 4 is 82.8 Å².